The van der Waals surface area contributed by atoms with E-state index >= 15 is 0 Å². The number of hydrogen-bond donors (Lipinski definition) is 0. The number of nitrogens with zero attached hydrogens (tertiary/aromatic N) is 2. The van der Waals surface area contributed by atoms with E-state index < -0.39 is 5.82 Å². The Bertz CT molecular complexity index is 1340. The summed E-state index contributed by atoms with van der Waals surface area (Å²) >= 11 is 0. The summed E-state index contributed by atoms with van der Waals surface area (Å²) in [5.41, 5.74) is 5.46. The number of allylic oxidation sites excluding steroid dienone is 1. The maximum absolute atomic E-state index is 14.7. The van der Waals surface area contributed by atoms with Gasteiger partial charge in [0.1, 0.15) is 5.82 Å². The predicted octanol–water partition coefficient (Wildman–Crippen LogP) is 7.13. The number of anilines is 2. The molecule has 2 fully saturated rings. The van der Waals surface area contributed by atoms with Gasteiger partial charge in [-0.3, -0.25) is 9.59 Å². The molecule has 0 aromatic heterocycles. The van der Waals surface area contributed by atoms with Crippen molar-refractivity contribution in [2.75, 3.05) is 23.9 Å². The molecule has 3 aromatic carbocycles. The minimum atomic E-state index is -0.423. The van der Waals surface area contributed by atoms with Crippen LogP contribution < -0.4 is 9.80 Å². The second kappa shape index (κ2) is 10.9. The summed E-state index contributed by atoms with van der Waals surface area (Å²) in [7, 11) is 4.05. The summed E-state index contributed by atoms with van der Waals surface area (Å²) in [6, 6.07) is 21.3. The quantitative estimate of drug-likeness (QED) is 0.303. The van der Waals surface area contributed by atoms with E-state index in [2.05, 4.69) is 41.3 Å². The third kappa shape index (κ3) is 5.72. The van der Waals surface area contributed by atoms with E-state index in [0.29, 0.717) is 29.6 Å². The number of halogens is 1. The van der Waals surface area contributed by atoms with Crippen LogP contribution in [0.25, 0.3) is 17.2 Å². The first-order valence-corrected chi connectivity index (χ1v) is 13.4. The number of carbonyl (C=O) groups is 2. The van der Waals surface area contributed by atoms with E-state index in [0.717, 1.165) is 41.6 Å². The smallest absolute Gasteiger partial charge is 0.230 e. The fourth-order valence-corrected chi connectivity index (χ4v) is 6.04. The van der Waals surface area contributed by atoms with E-state index in [4.69, 9.17) is 0 Å². The molecule has 1 amide bonds. The second-order valence-corrected chi connectivity index (χ2v) is 11.0. The Morgan fingerprint density at radius 2 is 1.58 bits per heavy atom. The van der Waals surface area contributed by atoms with Crippen molar-refractivity contribution in [3.8, 4) is 11.1 Å². The van der Waals surface area contributed by atoms with Gasteiger partial charge in [-0.15, -0.1) is 0 Å². The first kappa shape index (κ1) is 25.9. The first-order chi connectivity index (χ1) is 18.3. The summed E-state index contributed by atoms with van der Waals surface area (Å²) in [5, 5.41) is 0. The molecule has 2 aliphatic rings. The molecule has 0 saturated heterocycles. The van der Waals surface area contributed by atoms with E-state index in [9.17, 15) is 14.0 Å². The Balaban J connectivity index is 1.43. The topological polar surface area (TPSA) is 40.6 Å². The van der Waals surface area contributed by atoms with Crippen LogP contribution in [0.15, 0.2) is 72.8 Å². The monoisotopic (exact) mass is 510 g/mol. The van der Waals surface area contributed by atoms with Crippen LogP contribution in [0.1, 0.15) is 43.7 Å². The van der Waals surface area contributed by atoms with Gasteiger partial charge in [-0.25, -0.2) is 4.39 Å². The Kier molecular flexibility index (Phi) is 7.46. The van der Waals surface area contributed by atoms with Gasteiger partial charge in [0.05, 0.1) is 6.54 Å². The van der Waals surface area contributed by atoms with Crippen LogP contribution in [0.4, 0.5) is 15.8 Å². The summed E-state index contributed by atoms with van der Waals surface area (Å²) in [4.78, 5) is 29.2. The Morgan fingerprint density at radius 3 is 2.16 bits per heavy atom. The molecule has 0 aliphatic heterocycles. The van der Waals surface area contributed by atoms with Crippen molar-refractivity contribution in [2.24, 2.45) is 17.8 Å². The van der Waals surface area contributed by atoms with Crippen LogP contribution in [0.3, 0.4) is 0 Å². The van der Waals surface area contributed by atoms with E-state index in [1.165, 1.54) is 31.6 Å². The highest BCUT2D eigenvalue weighted by Crippen LogP contribution is 2.49. The molecule has 0 unspecified atom stereocenters. The summed E-state index contributed by atoms with van der Waals surface area (Å²) in [6.45, 7) is 1.83. The first-order valence-electron chi connectivity index (χ1n) is 13.4. The minimum Gasteiger partial charge on any atom is -0.378 e. The molecule has 3 atom stereocenters. The SMILES string of the molecule is CC(=O)/C=C/c1cc(F)cc(N(Cc2ccc(-c3ccc(N(C)C)cc3)cc2)C(=O)[C@@H]2C[C@@H]3CC[C@H]2C3)c1. The highest BCUT2D eigenvalue weighted by molar-refractivity contribution is 5.96. The second-order valence-electron chi connectivity index (χ2n) is 11.0. The van der Waals surface area contributed by atoms with Crippen molar-refractivity contribution in [1.82, 2.24) is 0 Å². The van der Waals surface area contributed by atoms with Crippen LogP contribution in [0.5, 0.6) is 0 Å². The van der Waals surface area contributed by atoms with Crippen molar-refractivity contribution in [1.29, 1.82) is 0 Å². The number of carbonyl (C=O) groups excluding carboxylic acids is 2. The molecule has 196 valence electrons. The Labute approximate surface area is 224 Å². The maximum Gasteiger partial charge on any atom is 0.230 e. The molecule has 0 spiro atoms. The molecule has 0 N–H and O–H groups in total. The van der Waals surface area contributed by atoms with Crippen LogP contribution in [-0.4, -0.2) is 25.8 Å². The average Bonchev–Trinajstić information content (AvgIpc) is 3.54. The number of fused-ring (bicyclic) bond motifs is 2. The standard InChI is InChI=1S/C33H35FN2O2/c1-22(37)4-5-25-17-29(34)20-31(18-25)36(33(38)32-19-24-8-11-28(32)16-24)21-23-6-9-26(10-7-23)27-12-14-30(15-13-27)35(2)3/h4-7,9-10,12-15,17-18,20,24,28,32H,8,11,16,19,21H2,1-3H3/b5-4+/t24-,28+,32-/m1/s1. The number of amides is 1. The minimum absolute atomic E-state index is 0.0114. The normalized spacial score (nSPS) is 20.2. The van der Waals surface area contributed by atoms with Crippen LogP contribution >= 0.6 is 0 Å². The van der Waals surface area contributed by atoms with Gasteiger partial charge in [0.25, 0.3) is 0 Å². The molecule has 2 saturated carbocycles. The zero-order chi connectivity index (χ0) is 26.8. The van der Waals surface area contributed by atoms with Gasteiger partial charge in [0, 0.05) is 31.4 Å². The molecule has 5 heteroatoms. The van der Waals surface area contributed by atoms with Crippen LogP contribution in [0, 0.1) is 23.6 Å². The average molecular weight is 511 g/mol. The fraction of sp³-hybridized carbons (Fsp3) is 0.333. The lowest BCUT2D eigenvalue weighted by Crippen LogP contribution is -2.38. The largest absolute Gasteiger partial charge is 0.378 e. The summed E-state index contributed by atoms with van der Waals surface area (Å²) < 4.78 is 14.7. The van der Waals surface area contributed by atoms with Gasteiger partial charge in [-0.1, -0.05) is 48.9 Å². The molecule has 4 nitrogen and oxygen atoms in total. The van der Waals surface area contributed by atoms with Crippen molar-refractivity contribution < 1.29 is 14.0 Å². The molecular formula is C33H35FN2O2. The maximum atomic E-state index is 14.7. The lowest BCUT2D eigenvalue weighted by molar-refractivity contribution is -0.124. The molecule has 2 bridgehead atoms. The summed E-state index contributed by atoms with van der Waals surface area (Å²) in [6.07, 6.45) is 7.39. The van der Waals surface area contributed by atoms with Crippen molar-refractivity contribution in [2.45, 2.75) is 39.2 Å². The molecule has 38 heavy (non-hydrogen) atoms. The molecule has 0 heterocycles. The van der Waals surface area contributed by atoms with Crippen LogP contribution in [-0.2, 0) is 16.1 Å². The fourth-order valence-electron chi connectivity index (χ4n) is 6.04. The summed E-state index contributed by atoms with van der Waals surface area (Å²) in [5.74, 6) is 0.592. The van der Waals surface area contributed by atoms with Gasteiger partial charge >= 0.3 is 0 Å². The highest BCUT2D eigenvalue weighted by Gasteiger charge is 2.44. The predicted molar refractivity (Wildman–Crippen MR) is 152 cm³/mol. The number of rotatable bonds is 8. The van der Waals surface area contributed by atoms with Crippen molar-refractivity contribution in [3.05, 3.63) is 89.8 Å². The number of ketones is 1. The van der Waals surface area contributed by atoms with E-state index in [-0.39, 0.29) is 17.6 Å². The Hall–Kier alpha value is -3.73. The van der Waals surface area contributed by atoms with Crippen molar-refractivity contribution >= 4 is 29.1 Å². The van der Waals surface area contributed by atoms with E-state index in [1.807, 2.05) is 26.2 Å². The lowest BCUT2D eigenvalue weighted by atomic mass is 9.87. The molecule has 5 rings (SSSR count). The molecule has 2 aliphatic carbocycles. The molecule has 0 radical (unpaired) electrons. The zero-order valence-electron chi connectivity index (χ0n) is 22.4. The van der Waals surface area contributed by atoms with Crippen molar-refractivity contribution in [3.63, 3.8) is 0 Å². The number of hydrogen-bond acceptors (Lipinski definition) is 3. The Morgan fingerprint density at radius 1 is 0.895 bits per heavy atom. The third-order valence-electron chi connectivity index (χ3n) is 8.06. The van der Waals surface area contributed by atoms with Gasteiger partial charge in [0.2, 0.25) is 5.91 Å². The zero-order valence-corrected chi connectivity index (χ0v) is 22.4. The van der Waals surface area contributed by atoms with E-state index in [1.54, 1.807) is 17.0 Å². The number of benzene rings is 3. The van der Waals surface area contributed by atoms with Gasteiger partial charge in [-0.05, 0) is 96.7 Å². The van der Waals surface area contributed by atoms with Gasteiger partial charge < -0.3 is 9.80 Å². The third-order valence-corrected chi connectivity index (χ3v) is 8.06. The molecule has 3 aromatic rings. The highest BCUT2D eigenvalue weighted by atomic mass is 19.1. The van der Waals surface area contributed by atoms with Gasteiger partial charge in [0.15, 0.2) is 5.78 Å². The lowest BCUT2D eigenvalue weighted by Gasteiger charge is -2.30. The van der Waals surface area contributed by atoms with Crippen LogP contribution in [0.2, 0.25) is 0 Å². The molecular weight excluding hydrogens is 475 g/mol. The van der Waals surface area contributed by atoms with Gasteiger partial charge in [-0.2, -0.15) is 0 Å².